The average molecular weight is 258 g/mol. The monoisotopic (exact) mass is 258 g/mol. The molecule has 0 amide bonds. The third-order valence-electron chi connectivity index (χ3n) is 3.68. The second kappa shape index (κ2) is 7.01. The zero-order valence-corrected chi connectivity index (χ0v) is 12.9. The second-order valence-electron chi connectivity index (χ2n) is 6.48. The summed E-state index contributed by atoms with van der Waals surface area (Å²) in [6.45, 7) is 10.2. The molecule has 1 rings (SSSR count). The molecule has 2 unspecified atom stereocenters. The highest BCUT2D eigenvalue weighted by atomic mass is 32.2. The largest absolute Gasteiger partial charge is 0.329 e. The van der Waals surface area contributed by atoms with E-state index in [0.29, 0.717) is 11.5 Å². The Labute approximate surface area is 112 Å². The average Bonchev–Trinajstić information content (AvgIpc) is 2.49. The molecule has 0 aromatic heterocycles. The van der Waals surface area contributed by atoms with Crippen molar-refractivity contribution in [3.8, 4) is 0 Å². The van der Waals surface area contributed by atoms with Gasteiger partial charge in [-0.25, -0.2) is 0 Å². The van der Waals surface area contributed by atoms with Crippen LogP contribution in [0.2, 0.25) is 0 Å². The first-order valence-electron chi connectivity index (χ1n) is 6.93. The lowest BCUT2D eigenvalue weighted by Gasteiger charge is -2.34. The Hall–Kier alpha value is 0.270. The molecule has 0 aromatic carbocycles. The van der Waals surface area contributed by atoms with Crippen molar-refractivity contribution in [3.63, 3.8) is 0 Å². The van der Waals surface area contributed by atoms with E-state index in [0.717, 1.165) is 11.8 Å². The van der Waals surface area contributed by atoms with E-state index >= 15 is 0 Å². The number of hydrogen-bond acceptors (Lipinski definition) is 3. The van der Waals surface area contributed by atoms with Gasteiger partial charge in [0.1, 0.15) is 0 Å². The zero-order valence-electron chi connectivity index (χ0n) is 12.0. The van der Waals surface area contributed by atoms with Crippen LogP contribution in [0.5, 0.6) is 0 Å². The normalized spacial score (nSPS) is 25.6. The molecule has 102 valence electrons. The van der Waals surface area contributed by atoms with Crippen LogP contribution in [-0.2, 0) is 0 Å². The third-order valence-corrected chi connectivity index (χ3v) is 4.82. The summed E-state index contributed by atoms with van der Waals surface area (Å²) in [7, 11) is 0. The van der Waals surface area contributed by atoms with E-state index < -0.39 is 0 Å². The zero-order chi connectivity index (χ0) is 12.9. The quantitative estimate of drug-likeness (QED) is 0.840. The Kier molecular flexibility index (Phi) is 6.32. The van der Waals surface area contributed by atoms with Crippen LogP contribution in [0, 0.1) is 5.41 Å². The van der Waals surface area contributed by atoms with E-state index in [1.54, 1.807) is 0 Å². The summed E-state index contributed by atoms with van der Waals surface area (Å²) < 4.78 is 0. The van der Waals surface area contributed by atoms with Crippen LogP contribution < -0.4 is 5.73 Å². The maximum absolute atomic E-state index is 5.98. The summed E-state index contributed by atoms with van der Waals surface area (Å²) in [5, 5.41) is 0.869. The van der Waals surface area contributed by atoms with Crippen LogP contribution in [0.25, 0.3) is 0 Å². The molecule has 0 aromatic rings. The van der Waals surface area contributed by atoms with Crippen molar-refractivity contribution in [2.24, 2.45) is 11.1 Å². The minimum atomic E-state index is 0.384. The number of thioether (sulfide) groups is 1. The van der Waals surface area contributed by atoms with Gasteiger partial charge in [0.25, 0.3) is 0 Å². The predicted molar refractivity (Wildman–Crippen MR) is 79.6 cm³/mol. The van der Waals surface area contributed by atoms with Crippen LogP contribution in [0.4, 0.5) is 0 Å². The van der Waals surface area contributed by atoms with Crippen molar-refractivity contribution in [2.45, 2.75) is 57.7 Å². The Bertz CT molecular complexity index is 213. The van der Waals surface area contributed by atoms with Crippen molar-refractivity contribution < 1.29 is 0 Å². The first-order valence-corrected chi connectivity index (χ1v) is 8.22. The van der Waals surface area contributed by atoms with Crippen molar-refractivity contribution in [1.29, 1.82) is 0 Å². The number of nitrogens with zero attached hydrogens (tertiary/aromatic N) is 1. The predicted octanol–water partition coefficient (Wildman–Crippen LogP) is 2.97. The summed E-state index contributed by atoms with van der Waals surface area (Å²) >= 11 is 2.04. The molecule has 2 atom stereocenters. The summed E-state index contributed by atoms with van der Waals surface area (Å²) in [6.07, 6.45) is 7.52. The van der Waals surface area contributed by atoms with E-state index in [2.05, 4.69) is 31.9 Å². The van der Waals surface area contributed by atoms with Gasteiger partial charge in [-0.05, 0) is 50.4 Å². The second-order valence-corrected chi connectivity index (χ2v) is 7.62. The van der Waals surface area contributed by atoms with Gasteiger partial charge < -0.3 is 5.73 Å². The summed E-state index contributed by atoms with van der Waals surface area (Å²) in [4.78, 5) is 2.64. The number of hydrogen-bond donors (Lipinski definition) is 1. The minimum Gasteiger partial charge on any atom is -0.329 e. The Morgan fingerprint density at radius 2 is 2.00 bits per heavy atom. The highest BCUT2D eigenvalue weighted by Crippen LogP contribution is 2.27. The molecule has 0 saturated carbocycles. The molecule has 1 aliphatic heterocycles. The summed E-state index contributed by atoms with van der Waals surface area (Å²) in [6, 6.07) is 0.579. The van der Waals surface area contributed by atoms with Gasteiger partial charge >= 0.3 is 0 Å². The molecule has 0 radical (unpaired) electrons. The van der Waals surface area contributed by atoms with Crippen LogP contribution in [0.15, 0.2) is 0 Å². The van der Waals surface area contributed by atoms with Gasteiger partial charge in [0.15, 0.2) is 0 Å². The van der Waals surface area contributed by atoms with Crippen LogP contribution in [0.3, 0.4) is 0 Å². The topological polar surface area (TPSA) is 29.3 Å². The lowest BCUT2D eigenvalue weighted by Crippen LogP contribution is -2.43. The van der Waals surface area contributed by atoms with Gasteiger partial charge in [0.2, 0.25) is 0 Å². The number of likely N-dealkylation sites (tertiary alicyclic amines) is 1. The Morgan fingerprint density at radius 1 is 1.29 bits per heavy atom. The fourth-order valence-electron chi connectivity index (χ4n) is 2.76. The van der Waals surface area contributed by atoms with E-state index in [1.807, 2.05) is 11.8 Å². The Balaban J connectivity index is 2.51. The van der Waals surface area contributed by atoms with Crippen LogP contribution in [-0.4, -0.2) is 42.1 Å². The first kappa shape index (κ1) is 15.3. The molecule has 1 aliphatic rings. The van der Waals surface area contributed by atoms with Gasteiger partial charge in [-0.3, -0.25) is 4.90 Å². The maximum Gasteiger partial charge on any atom is 0.0223 e. The smallest absolute Gasteiger partial charge is 0.0223 e. The number of rotatable bonds is 4. The molecule has 1 saturated heterocycles. The lowest BCUT2D eigenvalue weighted by molar-refractivity contribution is 0.157. The number of nitrogens with two attached hydrogens (primary N) is 1. The van der Waals surface area contributed by atoms with E-state index in [1.165, 1.54) is 38.8 Å². The summed E-state index contributed by atoms with van der Waals surface area (Å²) in [5.74, 6) is 0. The van der Waals surface area contributed by atoms with Crippen molar-refractivity contribution in [2.75, 3.05) is 25.9 Å². The summed E-state index contributed by atoms with van der Waals surface area (Å²) in [5.41, 5.74) is 6.37. The fourth-order valence-corrected chi connectivity index (χ4v) is 3.50. The highest BCUT2D eigenvalue weighted by molar-refractivity contribution is 7.99. The molecule has 2 nitrogen and oxygen atoms in total. The molecule has 0 bridgehead atoms. The fraction of sp³-hybridized carbons (Fsp3) is 1.00. The Morgan fingerprint density at radius 3 is 2.53 bits per heavy atom. The van der Waals surface area contributed by atoms with Gasteiger partial charge in [0.05, 0.1) is 0 Å². The lowest BCUT2D eigenvalue weighted by atomic mass is 9.87. The molecule has 0 aliphatic carbocycles. The highest BCUT2D eigenvalue weighted by Gasteiger charge is 2.25. The van der Waals surface area contributed by atoms with Gasteiger partial charge in [-0.1, -0.05) is 20.8 Å². The van der Waals surface area contributed by atoms with Crippen molar-refractivity contribution >= 4 is 11.8 Å². The SMILES string of the molecule is CSC1CCCN(C(CN)CC(C)(C)C)CC1. The molecule has 1 heterocycles. The molecule has 2 N–H and O–H groups in total. The molecule has 17 heavy (non-hydrogen) atoms. The minimum absolute atomic E-state index is 0.384. The maximum atomic E-state index is 5.98. The van der Waals surface area contributed by atoms with E-state index in [9.17, 15) is 0 Å². The van der Waals surface area contributed by atoms with Gasteiger partial charge in [-0.15, -0.1) is 0 Å². The third kappa shape index (κ3) is 5.62. The van der Waals surface area contributed by atoms with E-state index in [4.69, 9.17) is 5.73 Å². The molecule has 0 spiro atoms. The molecular weight excluding hydrogens is 228 g/mol. The van der Waals surface area contributed by atoms with Crippen LogP contribution in [0.1, 0.15) is 46.5 Å². The van der Waals surface area contributed by atoms with E-state index in [-0.39, 0.29) is 0 Å². The van der Waals surface area contributed by atoms with Gasteiger partial charge in [-0.2, -0.15) is 11.8 Å². The van der Waals surface area contributed by atoms with Crippen molar-refractivity contribution in [3.05, 3.63) is 0 Å². The van der Waals surface area contributed by atoms with Crippen LogP contribution >= 0.6 is 11.8 Å². The molecule has 1 fully saturated rings. The molecule has 3 heteroatoms. The molecular formula is C14H30N2S. The van der Waals surface area contributed by atoms with Crippen molar-refractivity contribution in [1.82, 2.24) is 4.90 Å². The standard InChI is InChI=1S/C14H30N2S/c1-14(2,3)10-12(11-15)16-8-5-6-13(17-4)7-9-16/h12-13H,5-11,15H2,1-4H3. The van der Waals surface area contributed by atoms with Gasteiger partial charge in [0, 0.05) is 17.8 Å². The first-order chi connectivity index (χ1) is 7.96.